The van der Waals surface area contributed by atoms with Gasteiger partial charge in [0.2, 0.25) is 0 Å². The van der Waals surface area contributed by atoms with Gasteiger partial charge in [0.15, 0.2) is 15.0 Å². The number of aromatic nitrogens is 1. The van der Waals surface area contributed by atoms with Crippen molar-refractivity contribution in [2.45, 2.75) is 10.9 Å². The highest BCUT2D eigenvalue weighted by atomic mass is 32.2. The smallest absolute Gasteiger partial charge is 0.263 e. The largest absolute Gasteiger partial charge is 0.345 e. The van der Waals surface area contributed by atoms with E-state index >= 15 is 0 Å². The van der Waals surface area contributed by atoms with Crippen molar-refractivity contribution in [1.29, 1.82) is 0 Å². The number of carbonyl (C=O) groups is 1. The van der Waals surface area contributed by atoms with Crippen LogP contribution in [-0.2, 0) is 19.9 Å². The van der Waals surface area contributed by atoms with Crippen LogP contribution >= 0.6 is 11.3 Å². The zero-order valence-corrected chi connectivity index (χ0v) is 17.2. The normalized spacial score (nSPS) is 18.0. The lowest BCUT2D eigenvalue weighted by Crippen LogP contribution is -2.35. The van der Waals surface area contributed by atoms with E-state index in [0.717, 1.165) is 16.7 Å². The molecule has 0 aliphatic carbocycles. The van der Waals surface area contributed by atoms with Gasteiger partial charge < -0.3 is 5.32 Å². The fraction of sp³-hybridized carbons (Fsp3) is 0.111. The van der Waals surface area contributed by atoms with E-state index in [1.54, 1.807) is 36.4 Å². The Morgan fingerprint density at radius 3 is 2.59 bits per heavy atom. The van der Waals surface area contributed by atoms with Crippen LogP contribution in [0.3, 0.4) is 0 Å². The highest BCUT2D eigenvalue weighted by molar-refractivity contribution is 7.94. The molecule has 0 fully saturated rings. The van der Waals surface area contributed by atoms with Crippen LogP contribution in [0.1, 0.15) is 10.4 Å². The monoisotopic (exact) mass is 449 g/mol. The molecule has 1 atom stereocenters. The van der Waals surface area contributed by atoms with E-state index in [-0.39, 0.29) is 15.8 Å². The third-order valence-corrected chi connectivity index (χ3v) is 7.99. The summed E-state index contributed by atoms with van der Waals surface area (Å²) in [6, 6.07) is 12.1. The molecule has 1 amide bonds. The SMILES string of the molecule is O=C(N[C@H]1C=CS(=O)(=O)C1)c1ccc2nc(NS(=O)(=O)c3ccccc3)sc2c1. The van der Waals surface area contributed by atoms with Crippen LogP contribution in [0, 0.1) is 0 Å². The van der Waals surface area contributed by atoms with Crippen LogP contribution in [0.2, 0.25) is 0 Å². The van der Waals surface area contributed by atoms with E-state index in [2.05, 4.69) is 15.0 Å². The maximum Gasteiger partial charge on any atom is 0.263 e. The summed E-state index contributed by atoms with van der Waals surface area (Å²) in [5.41, 5.74) is 0.872. The summed E-state index contributed by atoms with van der Waals surface area (Å²) in [6.45, 7) is 0. The van der Waals surface area contributed by atoms with E-state index in [1.807, 2.05) is 0 Å². The lowest BCUT2D eigenvalue weighted by atomic mass is 10.2. The third-order valence-electron chi connectivity index (χ3n) is 4.17. The molecule has 0 bridgehead atoms. The number of sulfonamides is 1. The molecule has 11 heteroatoms. The Labute approximate surface area is 171 Å². The van der Waals surface area contributed by atoms with Crippen molar-refractivity contribution in [2.24, 2.45) is 0 Å². The molecule has 3 aromatic rings. The molecule has 0 spiro atoms. The van der Waals surface area contributed by atoms with Crippen molar-refractivity contribution in [3.8, 4) is 0 Å². The number of nitrogens with zero attached hydrogens (tertiary/aromatic N) is 1. The molecule has 1 aromatic heterocycles. The molecule has 2 aromatic carbocycles. The summed E-state index contributed by atoms with van der Waals surface area (Å²) in [5.74, 6) is -0.578. The number of carbonyl (C=O) groups excluding carboxylic acids is 1. The molecule has 2 heterocycles. The Morgan fingerprint density at radius 2 is 1.90 bits per heavy atom. The minimum absolute atomic E-state index is 0.124. The minimum Gasteiger partial charge on any atom is -0.345 e. The first-order chi connectivity index (χ1) is 13.7. The van der Waals surface area contributed by atoms with Gasteiger partial charge in [0.05, 0.1) is 26.9 Å². The Hall–Kier alpha value is -2.76. The third kappa shape index (κ3) is 4.31. The maximum absolute atomic E-state index is 12.4. The van der Waals surface area contributed by atoms with Crippen molar-refractivity contribution < 1.29 is 21.6 Å². The predicted octanol–water partition coefficient (Wildman–Crippen LogP) is 2.14. The van der Waals surface area contributed by atoms with Crippen LogP contribution in [-0.4, -0.2) is 39.5 Å². The predicted molar refractivity (Wildman–Crippen MR) is 111 cm³/mol. The Bertz CT molecular complexity index is 1330. The number of thiazole rings is 1. The highest BCUT2D eigenvalue weighted by Crippen LogP contribution is 2.28. The van der Waals surface area contributed by atoms with Gasteiger partial charge in [0, 0.05) is 11.0 Å². The van der Waals surface area contributed by atoms with Crippen LogP contribution in [0.4, 0.5) is 5.13 Å². The van der Waals surface area contributed by atoms with E-state index in [9.17, 15) is 21.6 Å². The average Bonchev–Trinajstić information content (AvgIpc) is 3.22. The number of sulfone groups is 1. The van der Waals surface area contributed by atoms with Gasteiger partial charge in [-0.15, -0.1) is 0 Å². The number of amides is 1. The molecular formula is C18H15N3O5S3. The van der Waals surface area contributed by atoms with Crippen LogP contribution < -0.4 is 10.0 Å². The summed E-state index contributed by atoms with van der Waals surface area (Å²) in [4.78, 5) is 16.8. The van der Waals surface area contributed by atoms with Crippen LogP contribution in [0.25, 0.3) is 10.2 Å². The van der Waals surface area contributed by atoms with Crippen molar-refractivity contribution >= 4 is 52.5 Å². The first kappa shape index (κ1) is 19.6. The van der Waals surface area contributed by atoms with Gasteiger partial charge in [-0.1, -0.05) is 29.5 Å². The van der Waals surface area contributed by atoms with Gasteiger partial charge in [0.1, 0.15) is 0 Å². The van der Waals surface area contributed by atoms with Crippen molar-refractivity contribution in [3.05, 3.63) is 65.6 Å². The fourth-order valence-corrected chi connectivity index (χ4v) is 6.20. The first-order valence-corrected chi connectivity index (χ1v) is 12.4. The number of hydrogen-bond acceptors (Lipinski definition) is 7. The summed E-state index contributed by atoms with van der Waals surface area (Å²) in [7, 11) is -7.02. The Balaban J connectivity index is 1.53. The zero-order valence-electron chi connectivity index (χ0n) is 14.8. The van der Waals surface area contributed by atoms with Gasteiger partial charge in [0.25, 0.3) is 15.9 Å². The topological polar surface area (TPSA) is 122 Å². The Kier molecular flexibility index (Phi) is 4.89. The van der Waals surface area contributed by atoms with E-state index in [4.69, 9.17) is 0 Å². The molecule has 1 aliphatic heterocycles. The summed E-state index contributed by atoms with van der Waals surface area (Å²) in [5, 5.41) is 3.93. The van der Waals surface area contributed by atoms with Gasteiger partial charge in [-0.05, 0) is 36.4 Å². The van der Waals surface area contributed by atoms with Crippen molar-refractivity contribution in [3.63, 3.8) is 0 Å². The zero-order chi connectivity index (χ0) is 20.6. The second-order valence-electron chi connectivity index (χ2n) is 6.36. The van der Waals surface area contributed by atoms with Gasteiger partial charge in [-0.25, -0.2) is 21.8 Å². The average molecular weight is 450 g/mol. The Morgan fingerprint density at radius 1 is 1.14 bits per heavy atom. The molecule has 2 N–H and O–H groups in total. The quantitative estimate of drug-likeness (QED) is 0.615. The molecule has 0 saturated carbocycles. The van der Waals surface area contributed by atoms with Gasteiger partial charge >= 0.3 is 0 Å². The summed E-state index contributed by atoms with van der Waals surface area (Å²) in [6.07, 6.45) is 1.44. The number of benzene rings is 2. The maximum atomic E-state index is 12.4. The standard InChI is InChI=1S/C18H15N3O5S3/c22-17(19-13-8-9-28(23,24)11-13)12-6-7-15-16(10-12)27-18(20-15)21-29(25,26)14-4-2-1-3-5-14/h1-10,13H,11H2,(H,19,22)(H,20,21)/t13-/m0/s1. The molecule has 4 rings (SSSR count). The molecule has 0 saturated heterocycles. The number of fused-ring (bicyclic) bond motifs is 1. The fourth-order valence-electron chi connectivity index (χ4n) is 2.80. The van der Waals surface area contributed by atoms with Gasteiger partial charge in [-0.3, -0.25) is 9.52 Å². The molecule has 150 valence electrons. The second-order valence-corrected chi connectivity index (χ2v) is 11.0. The van der Waals surface area contributed by atoms with Crippen LogP contribution in [0.15, 0.2) is 64.9 Å². The minimum atomic E-state index is -3.76. The molecular weight excluding hydrogens is 434 g/mol. The van der Waals surface area contributed by atoms with Crippen molar-refractivity contribution in [1.82, 2.24) is 10.3 Å². The summed E-state index contributed by atoms with van der Waals surface area (Å²) < 4.78 is 50.8. The number of hydrogen-bond donors (Lipinski definition) is 2. The molecule has 0 radical (unpaired) electrons. The van der Waals surface area contributed by atoms with Gasteiger partial charge in [-0.2, -0.15) is 0 Å². The molecule has 0 unspecified atom stereocenters. The molecule has 1 aliphatic rings. The molecule has 8 nitrogen and oxygen atoms in total. The highest BCUT2D eigenvalue weighted by Gasteiger charge is 2.24. The van der Waals surface area contributed by atoms with E-state index < -0.39 is 31.8 Å². The molecule has 29 heavy (non-hydrogen) atoms. The van der Waals surface area contributed by atoms with Crippen molar-refractivity contribution in [2.75, 3.05) is 10.5 Å². The lowest BCUT2D eigenvalue weighted by molar-refractivity contribution is 0.0948. The number of anilines is 1. The lowest BCUT2D eigenvalue weighted by Gasteiger charge is -2.09. The number of rotatable bonds is 5. The van der Waals surface area contributed by atoms with E-state index in [0.29, 0.717) is 15.8 Å². The van der Waals surface area contributed by atoms with Crippen LogP contribution in [0.5, 0.6) is 0 Å². The van der Waals surface area contributed by atoms with E-state index in [1.165, 1.54) is 18.2 Å². The summed E-state index contributed by atoms with van der Waals surface area (Å²) >= 11 is 1.10. The first-order valence-electron chi connectivity index (χ1n) is 8.42. The second kappa shape index (κ2) is 7.25. The number of nitrogens with one attached hydrogen (secondary N) is 2.